The summed E-state index contributed by atoms with van der Waals surface area (Å²) in [5.41, 5.74) is 0. The Kier molecular flexibility index (Phi) is 3.16. The van der Waals surface area contributed by atoms with E-state index >= 15 is 0 Å². The molecule has 0 aliphatic carbocycles. The highest BCUT2D eigenvalue weighted by molar-refractivity contribution is 4.81. The summed E-state index contributed by atoms with van der Waals surface area (Å²) in [5, 5.41) is 3.43. The molecule has 0 bridgehead atoms. The molecule has 1 rings (SSSR count). The highest BCUT2D eigenvalue weighted by atomic mass is 16.5. The SMILES string of the molecule is CCC[C@@H]1C[C@@H](OC)CN1. The molecule has 10 heavy (non-hydrogen) atoms. The van der Waals surface area contributed by atoms with Crippen LogP contribution in [0, 0.1) is 0 Å². The summed E-state index contributed by atoms with van der Waals surface area (Å²) in [6.07, 6.45) is 4.23. The lowest BCUT2D eigenvalue weighted by Crippen LogP contribution is -2.21. The monoisotopic (exact) mass is 143 g/mol. The Hall–Kier alpha value is -0.0800. The van der Waals surface area contributed by atoms with Gasteiger partial charge in [-0.2, -0.15) is 0 Å². The van der Waals surface area contributed by atoms with Gasteiger partial charge in [-0.1, -0.05) is 13.3 Å². The minimum atomic E-state index is 0.469. The summed E-state index contributed by atoms with van der Waals surface area (Å²) in [6.45, 7) is 3.27. The second kappa shape index (κ2) is 3.94. The predicted octanol–water partition coefficient (Wildman–Crippen LogP) is 1.16. The maximum Gasteiger partial charge on any atom is 0.0710 e. The molecule has 1 N–H and O–H groups in total. The van der Waals surface area contributed by atoms with Crippen molar-refractivity contribution in [3.05, 3.63) is 0 Å². The zero-order valence-corrected chi connectivity index (χ0v) is 6.89. The zero-order chi connectivity index (χ0) is 7.40. The molecule has 1 saturated heterocycles. The van der Waals surface area contributed by atoms with E-state index in [9.17, 15) is 0 Å². The first kappa shape index (κ1) is 8.02. The van der Waals surface area contributed by atoms with Crippen LogP contribution in [0.5, 0.6) is 0 Å². The molecule has 2 heteroatoms. The van der Waals surface area contributed by atoms with Gasteiger partial charge in [-0.15, -0.1) is 0 Å². The molecule has 0 aromatic rings. The van der Waals surface area contributed by atoms with Crippen molar-refractivity contribution < 1.29 is 4.74 Å². The third-order valence-electron chi connectivity index (χ3n) is 2.15. The summed E-state index contributed by atoms with van der Waals surface area (Å²) in [7, 11) is 1.79. The van der Waals surface area contributed by atoms with Gasteiger partial charge in [0.15, 0.2) is 0 Å². The van der Waals surface area contributed by atoms with E-state index < -0.39 is 0 Å². The highest BCUT2D eigenvalue weighted by Gasteiger charge is 2.22. The van der Waals surface area contributed by atoms with Gasteiger partial charge < -0.3 is 10.1 Å². The molecule has 1 fully saturated rings. The van der Waals surface area contributed by atoms with E-state index in [4.69, 9.17) is 4.74 Å². The van der Waals surface area contributed by atoms with E-state index in [2.05, 4.69) is 12.2 Å². The molecule has 2 nitrogen and oxygen atoms in total. The van der Waals surface area contributed by atoms with Crippen LogP contribution in [0.1, 0.15) is 26.2 Å². The van der Waals surface area contributed by atoms with E-state index in [0.717, 1.165) is 12.6 Å². The van der Waals surface area contributed by atoms with Gasteiger partial charge in [0.1, 0.15) is 0 Å². The number of hydrogen-bond donors (Lipinski definition) is 1. The molecule has 0 amide bonds. The van der Waals surface area contributed by atoms with Crippen LogP contribution in [0.2, 0.25) is 0 Å². The first-order chi connectivity index (χ1) is 4.86. The van der Waals surface area contributed by atoms with Crippen molar-refractivity contribution in [2.75, 3.05) is 13.7 Å². The Balaban J connectivity index is 2.15. The normalized spacial score (nSPS) is 33.0. The third-order valence-corrected chi connectivity index (χ3v) is 2.15. The molecule has 60 valence electrons. The fraction of sp³-hybridized carbons (Fsp3) is 1.00. The van der Waals surface area contributed by atoms with Gasteiger partial charge in [0.2, 0.25) is 0 Å². The molecule has 0 saturated carbocycles. The fourth-order valence-corrected chi connectivity index (χ4v) is 1.53. The molecule has 0 radical (unpaired) electrons. The van der Waals surface area contributed by atoms with E-state index in [0.29, 0.717) is 6.10 Å². The number of nitrogens with one attached hydrogen (secondary N) is 1. The van der Waals surface area contributed by atoms with E-state index in [1.54, 1.807) is 7.11 Å². The van der Waals surface area contributed by atoms with Gasteiger partial charge in [0, 0.05) is 19.7 Å². The molecule has 0 aromatic heterocycles. The van der Waals surface area contributed by atoms with Gasteiger partial charge in [0.05, 0.1) is 6.10 Å². The van der Waals surface area contributed by atoms with Gasteiger partial charge in [0.25, 0.3) is 0 Å². The van der Waals surface area contributed by atoms with Crippen LogP contribution in [0.3, 0.4) is 0 Å². The van der Waals surface area contributed by atoms with Crippen molar-refractivity contribution in [3.63, 3.8) is 0 Å². The third kappa shape index (κ3) is 1.96. The minimum absolute atomic E-state index is 0.469. The summed E-state index contributed by atoms with van der Waals surface area (Å²) in [6, 6.07) is 0.718. The zero-order valence-electron chi connectivity index (χ0n) is 6.89. The maximum absolute atomic E-state index is 5.23. The second-order valence-corrected chi connectivity index (χ2v) is 2.99. The predicted molar refractivity (Wildman–Crippen MR) is 42.1 cm³/mol. The molecular weight excluding hydrogens is 126 g/mol. The second-order valence-electron chi connectivity index (χ2n) is 2.99. The molecule has 1 aliphatic heterocycles. The fourth-order valence-electron chi connectivity index (χ4n) is 1.53. The minimum Gasteiger partial charge on any atom is -0.380 e. The van der Waals surface area contributed by atoms with Crippen molar-refractivity contribution in [3.8, 4) is 0 Å². The van der Waals surface area contributed by atoms with E-state index in [-0.39, 0.29) is 0 Å². The number of ether oxygens (including phenoxy) is 1. The van der Waals surface area contributed by atoms with Crippen molar-refractivity contribution in [2.45, 2.75) is 38.3 Å². The lowest BCUT2D eigenvalue weighted by molar-refractivity contribution is 0.117. The lowest BCUT2D eigenvalue weighted by Gasteiger charge is -2.07. The Labute approximate surface area is 63.0 Å². The van der Waals surface area contributed by atoms with E-state index in [1.807, 2.05) is 0 Å². The molecule has 2 atom stereocenters. The van der Waals surface area contributed by atoms with Gasteiger partial charge >= 0.3 is 0 Å². The smallest absolute Gasteiger partial charge is 0.0710 e. The van der Waals surface area contributed by atoms with E-state index in [1.165, 1.54) is 19.3 Å². The van der Waals surface area contributed by atoms with Gasteiger partial charge in [-0.3, -0.25) is 0 Å². The first-order valence-electron chi connectivity index (χ1n) is 4.13. The number of hydrogen-bond acceptors (Lipinski definition) is 2. The van der Waals surface area contributed by atoms with Gasteiger partial charge in [-0.05, 0) is 12.8 Å². The van der Waals surface area contributed by atoms with Crippen LogP contribution in [0.15, 0.2) is 0 Å². The Morgan fingerprint density at radius 3 is 2.90 bits per heavy atom. The summed E-state index contributed by atoms with van der Waals surface area (Å²) in [5.74, 6) is 0. The summed E-state index contributed by atoms with van der Waals surface area (Å²) < 4.78 is 5.23. The van der Waals surface area contributed by atoms with Crippen LogP contribution in [-0.2, 0) is 4.74 Å². The number of rotatable bonds is 3. The number of methoxy groups -OCH3 is 1. The van der Waals surface area contributed by atoms with Crippen molar-refractivity contribution in [1.82, 2.24) is 5.32 Å². The standard InChI is InChI=1S/C8H17NO/c1-3-4-7-5-8(10-2)6-9-7/h7-9H,3-6H2,1-2H3/t7-,8-/m1/s1. The first-order valence-corrected chi connectivity index (χ1v) is 4.13. The lowest BCUT2D eigenvalue weighted by atomic mass is 10.1. The van der Waals surface area contributed by atoms with Crippen LogP contribution >= 0.6 is 0 Å². The average Bonchev–Trinajstić information content (AvgIpc) is 2.37. The molecule has 0 spiro atoms. The van der Waals surface area contributed by atoms with Crippen LogP contribution < -0.4 is 5.32 Å². The molecule has 1 aliphatic rings. The summed E-state index contributed by atoms with van der Waals surface area (Å²) in [4.78, 5) is 0. The highest BCUT2D eigenvalue weighted by Crippen LogP contribution is 2.13. The maximum atomic E-state index is 5.23. The Morgan fingerprint density at radius 2 is 2.40 bits per heavy atom. The Morgan fingerprint density at radius 1 is 1.60 bits per heavy atom. The summed E-state index contributed by atoms with van der Waals surface area (Å²) >= 11 is 0. The molecular formula is C8H17NO. The van der Waals surface area contributed by atoms with Crippen LogP contribution in [0.4, 0.5) is 0 Å². The van der Waals surface area contributed by atoms with Crippen LogP contribution in [-0.4, -0.2) is 25.8 Å². The van der Waals surface area contributed by atoms with Crippen LogP contribution in [0.25, 0.3) is 0 Å². The molecule has 0 aromatic carbocycles. The van der Waals surface area contributed by atoms with Crippen molar-refractivity contribution in [2.24, 2.45) is 0 Å². The quantitative estimate of drug-likeness (QED) is 0.640. The Bertz CT molecular complexity index is 95.3. The van der Waals surface area contributed by atoms with Gasteiger partial charge in [-0.25, -0.2) is 0 Å². The largest absolute Gasteiger partial charge is 0.380 e. The average molecular weight is 143 g/mol. The topological polar surface area (TPSA) is 21.3 Å². The van der Waals surface area contributed by atoms with Crippen molar-refractivity contribution in [1.29, 1.82) is 0 Å². The van der Waals surface area contributed by atoms with Crippen molar-refractivity contribution >= 4 is 0 Å². The molecule has 1 heterocycles. The molecule has 0 unspecified atom stereocenters.